The molecule has 0 fully saturated rings. The van der Waals surface area contributed by atoms with Crippen LogP contribution in [0.1, 0.15) is 12.8 Å². The third-order valence-electron chi connectivity index (χ3n) is 2.28. The molecule has 0 aromatic carbocycles. The third-order valence-corrected chi connectivity index (χ3v) is 2.84. The summed E-state index contributed by atoms with van der Waals surface area (Å²) in [6.07, 6.45) is 3.67. The number of imidazole rings is 1. The van der Waals surface area contributed by atoms with Gasteiger partial charge in [-0.25, -0.2) is 4.98 Å². The van der Waals surface area contributed by atoms with E-state index in [-0.39, 0.29) is 11.5 Å². The largest absolute Gasteiger partial charge is 0.369 e. The van der Waals surface area contributed by atoms with Gasteiger partial charge >= 0.3 is 0 Å². The molecule has 0 spiro atoms. The van der Waals surface area contributed by atoms with Gasteiger partial charge in [0.25, 0.3) is 5.56 Å². The van der Waals surface area contributed by atoms with Crippen LogP contribution >= 0.6 is 15.9 Å². The zero-order chi connectivity index (χ0) is 11.5. The number of aromatic nitrogens is 4. The molecule has 2 rings (SSSR count). The van der Waals surface area contributed by atoms with Crippen molar-refractivity contribution >= 4 is 33.0 Å². The highest BCUT2D eigenvalue weighted by Gasteiger charge is 2.08. The first-order chi connectivity index (χ1) is 7.72. The van der Waals surface area contributed by atoms with Gasteiger partial charge in [-0.3, -0.25) is 9.78 Å². The fourth-order valence-electron chi connectivity index (χ4n) is 1.55. The summed E-state index contributed by atoms with van der Waals surface area (Å²) in [7, 11) is 0. The number of fused-ring (bicyclic) bond motifs is 1. The molecule has 0 radical (unpaired) electrons. The van der Waals surface area contributed by atoms with Gasteiger partial charge in [0.05, 0.1) is 6.33 Å². The molecule has 86 valence electrons. The van der Waals surface area contributed by atoms with Crippen LogP contribution in [0, 0.1) is 0 Å². The SMILES string of the molecule is Nc1nc2ncn(CCCCBr)c2c(=O)[nH]1. The van der Waals surface area contributed by atoms with Gasteiger partial charge in [-0.05, 0) is 12.8 Å². The number of nitrogens with one attached hydrogen (secondary N) is 1. The van der Waals surface area contributed by atoms with Crippen LogP contribution in [-0.2, 0) is 6.54 Å². The van der Waals surface area contributed by atoms with E-state index in [1.165, 1.54) is 0 Å². The van der Waals surface area contributed by atoms with E-state index in [1.807, 2.05) is 4.57 Å². The summed E-state index contributed by atoms with van der Waals surface area (Å²) < 4.78 is 1.81. The number of nitrogens with zero attached hydrogens (tertiary/aromatic N) is 3. The van der Waals surface area contributed by atoms with E-state index in [1.54, 1.807) is 6.33 Å². The van der Waals surface area contributed by atoms with Crippen molar-refractivity contribution in [2.45, 2.75) is 19.4 Å². The van der Waals surface area contributed by atoms with Crippen LogP contribution in [0.25, 0.3) is 11.2 Å². The predicted octanol–water partition coefficient (Wildman–Crippen LogP) is 0.877. The summed E-state index contributed by atoms with van der Waals surface area (Å²) in [5.74, 6) is 0.100. The molecule has 3 N–H and O–H groups in total. The molecular formula is C9H12BrN5O. The van der Waals surface area contributed by atoms with Crippen LogP contribution in [0.4, 0.5) is 5.95 Å². The Balaban J connectivity index is 2.37. The number of rotatable bonds is 4. The lowest BCUT2D eigenvalue weighted by molar-refractivity contribution is 0.648. The van der Waals surface area contributed by atoms with Gasteiger partial charge in [-0.1, -0.05) is 15.9 Å². The molecule has 0 aliphatic carbocycles. The molecule has 0 unspecified atom stereocenters. The minimum atomic E-state index is -0.237. The highest BCUT2D eigenvalue weighted by Crippen LogP contribution is 2.07. The van der Waals surface area contributed by atoms with Crippen LogP contribution in [-0.4, -0.2) is 24.8 Å². The fraction of sp³-hybridized carbons (Fsp3) is 0.444. The second kappa shape index (κ2) is 4.65. The molecule has 2 heterocycles. The summed E-state index contributed by atoms with van der Waals surface area (Å²) in [5.41, 5.74) is 6.09. The zero-order valence-electron chi connectivity index (χ0n) is 8.61. The van der Waals surface area contributed by atoms with Gasteiger partial charge in [0, 0.05) is 11.9 Å². The van der Waals surface area contributed by atoms with Crippen molar-refractivity contribution in [3.63, 3.8) is 0 Å². The van der Waals surface area contributed by atoms with Gasteiger partial charge in [0.1, 0.15) is 0 Å². The zero-order valence-corrected chi connectivity index (χ0v) is 10.2. The van der Waals surface area contributed by atoms with Crippen LogP contribution in [0.15, 0.2) is 11.1 Å². The molecular weight excluding hydrogens is 274 g/mol. The number of unbranched alkanes of at least 4 members (excludes halogenated alkanes) is 1. The van der Waals surface area contributed by atoms with Crippen molar-refractivity contribution in [3.8, 4) is 0 Å². The maximum absolute atomic E-state index is 11.7. The first-order valence-electron chi connectivity index (χ1n) is 4.99. The Hall–Kier alpha value is -1.37. The summed E-state index contributed by atoms with van der Waals surface area (Å²) in [5, 5.41) is 0.960. The smallest absolute Gasteiger partial charge is 0.278 e. The Morgan fingerprint density at radius 2 is 2.31 bits per heavy atom. The fourth-order valence-corrected chi connectivity index (χ4v) is 1.95. The number of anilines is 1. The molecule has 0 aliphatic heterocycles. The molecule has 7 heteroatoms. The number of nitrogen functional groups attached to an aromatic ring is 1. The molecule has 0 atom stereocenters. The van der Waals surface area contributed by atoms with E-state index in [9.17, 15) is 4.79 Å². The Morgan fingerprint density at radius 3 is 3.06 bits per heavy atom. The van der Waals surface area contributed by atoms with Gasteiger partial charge in [0.2, 0.25) is 5.95 Å². The lowest BCUT2D eigenvalue weighted by Crippen LogP contribution is -2.14. The Morgan fingerprint density at radius 1 is 1.50 bits per heavy atom. The third kappa shape index (κ3) is 2.08. The summed E-state index contributed by atoms with van der Waals surface area (Å²) >= 11 is 3.37. The highest BCUT2D eigenvalue weighted by molar-refractivity contribution is 9.09. The summed E-state index contributed by atoms with van der Waals surface area (Å²) in [4.78, 5) is 22.2. The number of H-pyrrole nitrogens is 1. The van der Waals surface area contributed by atoms with Crippen LogP contribution in [0.3, 0.4) is 0 Å². The van der Waals surface area contributed by atoms with Gasteiger partial charge in [-0.15, -0.1) is 0 Å². The molecule has 0 amide bonds. The second-order valence-electron chi connectivity index (χ2n) is 3.46. The van der Waals surface area contributed by atoms with E-state index in [0.29, 0.717) is 11.2 Å². The van der Waals surface area contributed by atoms with Crippen molar-refractivity contribution in [1.82, 2.24) is 19.5 Å². The molecule has 0 aliphatic rings. The molecule has 0 bridgehead atoms. The van der Waals surface area contributed by atoms with Gasteiger partial charge in [-0.2, -0.15) is 4.98 Å². The van der Waals surface area contributed by atoms with Gasteiger partial charge in [0.15, 0.2) is 11.2 Å². The van der Waals surface area contributed by atoms with Crippen LogP contribution in [0.5, 0.6) is 0 Å². The summed E-state index contributed by atoms with van der Waals surface area (Å²) in [6, 6.07) is 0. The number of hydrogen-bond acceptors (Lipinski definition) is 4. The van der Waals surface area contributed by atoms with E-state index >= 15 is 0 Å². The van der Waals surface area contributed by atoms with Crippen molar-refractivity contribution in [3.05, 3.63) is 16.7 Å². The normalized spacial score (nSPS) is 11.1. The Bertz CT molecular complexity index is 546. The number of aromatic amines is 1. The van der Waals surface area contributed by atoms with E-state index < -0.39 is 0 Å². The molecule has 2 aromatic heterocycles. The van der Waals surface area contributed by atoms with E-state index in [0.717, 1.165) is 24.7 Å². The maximum atomic E-state index is 11.7. The van der Waals surface area contributed by atoms with E-state index in [4.69, 9.17) is 5.73 Å². The quantitative estimate of drug-likeness (QED) is 0.645. The maximum Gasteiger partial charge on any atom is 0.278 e. The topological polar surface area (TPSA) is 89.6 Å². The van der Waals surface area contributed by atoms with Crippen molar-refractivity contribution in [2.75, 3.05) is 11.1 Å². The van der Waals surface area contributed by atoms with Gasteiger partial charge < -0.3 is 10.3 Å². The lowest BCUT2D eigenvalue weighted by atomic mass is 10.3. The molecule has 16 heavy (non-hydrogen) atoms. The second-order valence-corrected chi connectivity index (χ2v) is 4.25. The Labute approximate surface area is 100 Å². The average molecular weight is 286 g/mol. The van der Waals surface area contributed by atoms with E-state index in [2.05, 4.69) is 30.9 Å². The molecule has 0 saturated heterocycles. The number of nitrogens with two attached hydrogens (primary N) is 1. The van der Waals surface area contributed by atoms with Crippen molar-refractivity contribution < 1.29 is 0 Å². The Kier molecular flexibility index (Phi) is 3.23. The minimum Gasteiger partial charge on any atom is -0.369 e. The van der Waals surface area contributed by atoms with Crippen LogP contribution < -0.4 is 11.3 Å². The molecule has 0 saturated carbocycles. The predicted molar refractivity (Wildman–Crippen MR) is 65.6 cm³/mol. The first kappa shape index (κ1) is 11.1. The average Bonchev–Trinajstić information content (AvgIpc) is 2.62. The standard InChI is InChI=1S/C9H12BrN5O/c10-3-1-2-4-15-5-12-7-6(15)8(16)14-9(11)13-7/h5H,1-4H2,(H3,11,13,14,16). The molecule has 2 aromatic rings. The first-order valence-corrected chi connectivity index (χ1v) is 6.11. The highest BCUT2D eigenvalue weighted by atomic mass is 79.9. The number of aryl methyl sites for hydroxylation is 1. The number of alkyl halides is 1. The van der Waals surface area contributed by atoms with Crippen molar-refractivity contribution in [1.29, 1.82) is 0 Å². The molecule has 6 nitrogen and oxygen atoms in total. The van der Waals surface area contributed by atoms with Crippen molar-refractivity contribution in [2.24, 2.45) is 0 Å². The number of halogens is 1. The summed E-state index contributed by atoms with van der Waals surface area (Å²) in [6.45, 7) is 0.761. The van der Waals surface area contributed by atoms with Crippen LogP contribution in [0.2, 0.25) is 0 Å². The lowest BCUT2D eigenvalue weighted by Gasteiger charge is -2.01. The number of hydrogen-bond donors (Lipinski definition) is 2. The monoisotopic (exact) mass is 285 g/mol. The minimum absolute atomic E-state index is 0.100.